The second-order valence-corrected chi connectivity index (χ2v) is 8.87. The molecule has 0 saturated carbocycles. The number of fused-ring (bicyclic) bond motifs is 1. The number of aryl methyl sites for hydroxylation is 1. The van der Waals surface area contributed by atoms with Gasteiger partial charge in [0.15, 0.2) is 0 Å². The van der Waals surface area contributed by atoms with Crippen molar-refractivity contribution in [1.29, 1.82) is 0 Å². The zero-order valence-corrected chi connectivity index (χ0v) is 15.8. The molecule has 1 atom stereocenters. The molecule has 0 radical (unpaired) electrons. The van der Waals surface area contributed by atoms with Crippen LogP contribution in [0.5, 0.6) is 0 Å². The van der Waals surface area contributed by atoms with Crippen LogP contribution in [0.4, 0.5) is 0 Å². The molecule has 2 saturated heterocycles. The maximum Gasteiger partial charge on any atom is 0.263 e. The van der Waals surface area contributed by atoms with Gasteiger partial charge in [-0.05, 0) is 56.6 Å². The zero-order chi connectivity index (χ0) is 17.2. The number of hydrogen-bond acceptors (Lipinski definition) is 3. The van der Waals surface area contributed by atoms with Crippen LogP contribution in [0.15, 0.2) is 6.07 Å². The van der Waals surface area contributed by atoms with Gasteiger partial charge in [-0.3, -0.25) is 9.59 Å². The predicted molar refractivity (Wildman–Crippen MR) is 100 cm³/mol. The van der Waals surface area contributed by atoms with E-state index in [9.17, 15) is 9.59 Å². The Kier molecular flexibility index (Phi) is 5.11. The van der Waals surface area contributed by atoms with Crippen molar-refractivity contribution in [3.05, 3.63) is 21.4 Å². The minimum absolute atomic E-state index is 0.126. The van der Waals surface area contributed by atoms with Crippen molar-refractivity contribution in [3.63, 3.8) is 0 Å². The molecule has 0 N–H and O–H groups in total. The van der Waals surface area contributed by atoms with Gasteiger partial charge in [-0.2, -0.15) is 0 Å². The summed E-state index contributed by atoms with van der Waals surface area (Å²) in [6.07, 6.45) is 9.77. The first-order chi connectivity index (χ1) is 12.2. The van der Waals surface area contributed by atoms with E-state index in [4.69, 9.17) is 0 Å². The van der Waals surface area contributed by atoms with Gasteiger partial charge in [-0.25, -0.2) is 0 Å². The maximum absolute atomic E-state index is 12.9. The van der Waals surface area contributed by atoms with E-state index < -0.39 is 0 Å². The van der Waals surface area contributed by atoms with Crippen LogP contribution in [0.25, 0.3) is 0 Å². The molecule has 3 heterocycles. The minimum Gasteiger partial charge on any atom is -0.342 e. The molecule has 136 valence electrons. The highest BCUT2D eigenvalue weighted by molar-refractivity contribution is 7.14. The Morgan fingerprint density at radius 2 is 1.56 bits per heavy atom. The van der Waals surface area contributed by atoms with E-state index in [0.29, 0.717) is 5.91 Å². The molecular formula is C20H28N2O2S. The number of thiophene rings is 1. The van der Waals surface area contributed by atoms with Crippen molar-refractivity contribution in [1.82, 2.24) is 9.80 Å². The molecule has 0 bridgehead atoms. The van der Waals surface area contributed by atoms with Gasteiger partial charge in [0.2, 0.25) is 5.91 Å². The lowest BCUT2D eigenvalue weighted by Crippen LogP contribution is -2.36. The average molecular weight is 361 g/mol. The van der Waals surface area contributed by atoms with Crippen molar-refractivity contribution in [2.75, 3.05) is 26.2 Å². The summed E-state index contributed by atoms with van der Waals surface area (Å²) in [5.41, 5.74) is 1.26. The van der Waals surface area contributed by atoms with Gasteiger partial charge in [0.25, 0.3) is 5.91 Å². The Bertz CT molecular complexity index is 640. The number of carbonyl (C=O) groups is 2. The highest BCUT2D eigenvalue weighted by atomic mass is 32.1. The monoisotopic (exact) mass is 360 g/mol. The van der Waals surface area contributed by atoms with Gasteiger partial charge >= 0.3 is 0 Å². The number of amides is 2. The Balaban J connectivity index is 1.44. The van der Waals surface area contributed by atoms with Crippen molar-refractivity contribution in [3.8, 4) is 0 Å². The van der Waals surface area contributed by atoms with E-state index in [-0.39, 0.29) is 11.8 Å². The predicted octanol–water partition coefficient (Wildman–Crippen LogP) is 3.49. The van der Waals surface area contributed by atoms with Gasteiger partial charge in [-0.15, -0.1) is 11.3 Å². The molecule has 25 heavy (non-hydrogen) atoms. The molecule has 3 aliphatic rings. The van der Waals surface area contributed by atoms with Crippen molar-refractivity contribution < 1.29 is 9.59 Å². The third-order valence-electron chi connectivity index (χ3n) is 5.95. The lowest BCUT2D eigenvalue weighted by atomic mass is 9.87. The molecule has 1 aromatic heterocycles. The Morgan fingerprint density at radius 3 is 2.28 bits per heavy atom. The van der Waals surface area contributed by atoms with E-state index in [1.807, 2.05) is 9.80 Å². The van der Waals surface area contributed by atoms with Crippen LogP contribution in [0.2, 0.25) is 0 Å². The number of carbonyl (C=O) groups excluding carboxylic acids is 2. The third-order valence-corrected chi connectivity index (χ3v) is 7.18. The Morgan fingerprint density at radius 1 is 0.920 bits per heavy atom. The quantitative estimate of drug-likeness (QED) is 0.810. The fourth-order valence-electron chi connectivity index (χ4n) is 4.47. The van der Waals surface area contributed by atoms with Gasteiger partial charge in [0.1, 0.15) is 0 Å². The van der Waals surface area contributed by atoms with Crippen LogP contribution >= 0.6 is 11.3 Å². The van der Waals surface area contributed by atoms with Gasteiger partial charge in [0, 0.05) is 37.0 Å². The topological polar surface area (TPSA) is 40.6 Å². The summed E-state index contributed by atoms with van der Waals surface area (Å²) in [5.74, 6) is 0.680. The fourth-order valence-corrected chi connectivity index (χ4v) is 5.64. The lowest BCUT2D eigenvalue weighted by Gasteiger charge is -2.26. The van der Waals surface area contributed by atoms with E-state index in [0.717, 1.165) is 76.0 Å². The van der Waals surface area contributed by atoms with Crippen LogP contribution < -0.4 is 0 Å². The van der Waals surface area contributed by atoms with E-state index in [1.165, 1.54) is 23.3 Å². The highest BCUT2D eigenvalue weighted by Gasteiger charge is 2.31. The van der Waals surface area contributed by atoms with Crippen molar-refractivity contribution >= 4 is 23.2 Å². The Hall–Kier alpha value is -1.36. The Labute approximate surface area is 154 Å². The molecule has 1 aliphatic carbocycles. The van der Waals surface area contributed by atoms with E-state index in [1.54, 1.807) is 11.3 Å². The minimum atomic E-state index is 0.126. The summed E-state index contributed by atoms with van der Waals surface area (Å²) in [6.45, 7) is 3.67. The van der Waals surface area contributed by atoms with E-state index in [2.05, 4.69) is 6.07 Å². The molecule has 5 heteroatoms. The number of hydrogen-bond donors (Lipinski definition) is 0. The average Bonchev–Trinajstić information content (AvgIpc) is 3.23. The lowest BCUT2D eigenvalue weighted by molar-refractivity contribution is -0.134. The summed E-state index contributed by atoms with van der Waals surface area (Å²) in [5, 5.41) is 0. The third kappa shape index (κ3) is 3.62. The summed E-state index contributed by atoms with van der Waals surface area (Å²) in [4.78, 5) is 31.9. The normalized spacial score (nSPS) is 24.1. The summed E-state index contributed by atoms with van der Waals surface area (Å²) >= 11 is 1.67. The second kappa shape index (κ2) is 7.48. The van der Waals surface area contributed by atoms with Gasteiger partial charge in [-0.1, -0.05) is 12.8 Å². The fraction of sp³-hybridized carbons (Fsp3) is 0.700. The van der Waals surface area contributed by atoms with Crippen LogP contribution in [0, 0.1) is 5.92 Å². The summed E-state index contributed by atoms with van der Waals surface area (Å²) < 4.78 is 0. The molecule has 0 unspecified atom stereocenters. The molecule has 0 aromatic carbocycles. The molecule has 4 rings (SSSR count). The zero-order valence-electron chi connectivity index (χ0n) is 15.0. The first-order valence-corrected chi connectivity index (χ1v) is 10.7. The van der Waals surface area contributed by atoms with E-state index >= 15 is 0 Å². The number of nitrogens with zero attached hydrogens (tertiary/aromatic N) is 2. The molecule has 0 spiro atoms. The van der Waals surface area contributed by atoms with Crippen LogP contribution in [0.1, 0.15) is 65.1 Å². The summed E-state index contributed by atoms with van der Waals surface area (Å²) in [6, 6.07) is 2.09. The molecular weight excluding hydrogens is 332 g/mol. The molecule has 2 fully saturated rings. The molecule has 4 nitrogen and oxygen atoms in total. The number of rotatable bonds is 2. The standard InChI is InChI=1S/C20H28N2O2S/c23-19(21-11-5-6-12-21)15-7-8-17-16(13-15)14-18(25-17)20(24)22-9-3-1-2-4-10-22/h14-15H,1-13H2/t15-/m1/s1. The highest BCUT2D eigenvalue weighted by Crippen LogP contribution is 2.34. The van der Waals surface area contributed by atoms with Gasteiger partial charge < -0.3 is 9.80 Å². The van der Waals surface area contributed by atoms with Crippen LogP contribution in [-0.2, 0) is 17.6 Å². The van der Waals surface area contributed by atoms with Crippen LogP contribution in [0.3, 0.4) is 0 Å². The SMILES string of the molecule is O=C(c1cc2c(s1)CC[C@@H](C(=O)N1CCCC1)C2)N1CCCCCC1. The first-order valence-electron chi connectivity index (χ1n) is 9.92. The summed E-state index contributed by atoms with van der Waals surface area (Å²) in [7, 11) is 0. The maximum atomic E-state index is 12.9. The van der Waals surface area contributed by atoms with Crippen molar-refractivity contribution in [2.45, 2.75) is 57.8 Å². The second-order valence-electron chi connectivity index (χ2n) is 7.74. The largest absolute Gasteiger partial charge is 0.342 e. The smallest absolute Gasteiger partial charge is 0.263 e. The molecule has 1 aromatic rings. The number of likely N-dealkylation sites (tertiary alicyclic amines) is 2. The molecule has 2 aliphatic heterocycles. The molecule has 2 amide bonds. The van der Waals surface area contributed by atoms with Crippen LogP contribution in [-0.4, -0.2) is 47.8 Å². The first kappa shape index (κ1) is 17.1. The van der Waals surface area contributed by atoms with Gasteiger partial charge in [0.05, 0.1) is 4.88 Å². The van der Waals surface area contributed by atoms with Crippen molar-refractivity contribution in [2.24, 2.45) is 5.92 Å².